The second-order valence-corrected chi connectivity index (χ2v) is 12.2. The quantitative estimate of drug-likeness (QED) is 0.135. The third-order valence-corrected chi connectivity index (χ3v) is 8.30. The van der Waals surface area contributed by atoms with E-state index >= 15 is 0 Å². The van der Waals surface area contributed by atoms with Gasteiger partial charge in [0.2, 0.25) is 0 Å². The molecule has 0 heterocycles. The predicted molar refractivity (Wildman–Crippen MR) is 222 cm³/mol. The number of anilines is 4. The first-order chi connectivity index (χ1) is 24.3. The summed E-state index contributed by atoms with van der Waals surface area (Å²) in [6.45, 7) is 18.6. The molecule has 5 rings (SSSR count). The van der Waals surface area contributed by atoms with Crippen molar-refractivity contribution in [1.29, 1.82) is 0 Å². The molecule has 0 unspecified atom stereocenters. The van der Waals surface area contributed by atoms with Gasteiger partial charge in [0.05, 0.1) is 0 Å². The summed E-state index contributed by atoms with van der Waals surface area (Å²) in [5, 5.41) is 3.45. The van der Waals surface area contributed by atoms with Crippen LogP contribution in [-0.2, 0) is 0 Å². The van der Waals surface area contributed by atoms with Gasteiger partial charge in [0.15, 0.2) is 0 Å². The number of allylic oxidation sites excluding steroid dienone is 9. The Bertz CT molecular complexity index is 1950. The molecule has 0 amide bonds. The lowest BCUT2D eigenvalue weighted by atomic mass is 10.0. The monoisotopic (exact) mass is 654 g/mol. The lowest BCUT2D eigenvalue weighted by Gasteiger charge is -2.27. The maximum absolute atomic E-state index is 4.34. The fraction of sp³-hybridized carbons (Fsp3) is 0.125. The lowest BCUT2D eigenvalue weighted by molar-refractivity contribution is 1.19. The molecular weight excluding hydrogens is 605 g/mol. The molecule has 2 heteroatoms. The summed E-state index contributed by atoms with van der Waals surface area (Å²) >= 11 is 0. The summed E-state index contributed by atoms with van der Waals surface area (Å²) in [6, 6.07) is 42.5. The van der Waals surface area contributed by atoms with E-state index < -0.39 is 0 Å². The molecule has 0 aliphatic heterocycles. The Kier molecular flexibility index (Phi) is 14.2. The summed E-state index contributed by atoms with van der Waals surface area (Å²) < 4.78 is 0. The van der Waals surface area contributed by atoms with Crippen molar-refractivity contribution in [2.45, 2.75) is 41.0 Å². The second-order valence-electron chi connectivity index (χ2n) is 12.2. The molecule has 5 aromatic carbocycles. The van der Waals surface area contributed by atoms with Gasteiger partial charge in [-0.25, -0.2) is 0 Å². The normalized spacial score (nSPS) is 11.4. The number of aryl methyl sites for hydroxylation is 3. The average molecular weight is 655 g/mol. The van der Waals surface area contributed by atoms with Crippen LogP contribution in [0.3, 0.4) is 0 Å². The van der Waals surface area contributed by atoms with Crippen molar-refractivity contribution >= 4 is 28.3 Å². The standard InChI is InChI=1S/C29H33N.C19H17N/c1-7-9-11-13-14-24(4)27-17-19-28(20-18-27)30(26(6)15-12-10-8-2)29-21-16-23(3)22-25(29)5;1-15-7-5-6-10-19(15)20-18-13-11-17(12-14-18)16-8-3-2-4-9-16/h7-12,14-22H,1,6,13H2,2-5H3;2-14,20H,1H3/b10-8-,11-9?,15-12-,24-14+;. The Morgan fingerprint density at radius 1 is 0.720 bits per heavy atom. The molecule has 252 valence electrons. The van der Waals surface area contributed by atoms with Crippen LogP contribution >= 0.6 is 0 Å². The van der Waals surface area contributed by atoms with Gasteiger partial charge < -0.3 is 10.2 Å². The molecule has 0 aliphatic carbocycles. The molecular formula is C48H50N2. The molecule has 1 N–H and O–H groups in total. The van der Waals surface area contributed by atoms with Gasteiger partial charge >= 0.3 is 0 Å². The van der Waals surface area contributed by atoms with Crippen molar-refractivity contribution in [2.24, 2.45) is 0 Å². The highest BCUT2D eigenvalue weighted by molar-refractivity contribution is 5.75. The topological polar surface area (TPSA) is 15.3 Å². The number of para-hydroxylation sites is 1. The van der Waals surface area contributed by atoms with Crippen LogP contribution in [0.5, 0.6) is 0 Å². The van der Waals surface area contributed by atoms with Crippen molar-refractivity contribution in [3.8, 4) is 11.1 Å². The first kappa shape index (κ1) is 37.0. The average Bonchev–Trinajstić information content (AvgIpc) is 3.13. The largest absolute Gasteiger partial charge is 0.355 e. The van der Waals surface area contributed by atoms with E-state index in [0.29, 0.717) is 0 Å². The third-order valence-electron chi connectivity index (χ3n) is 8.30. The summed E-state index contributed by atoms with van der Waals surface area (Å²) in [7, 11) is 0. The van der Waals surface area contributed by atoms with Gasteiger partial charge in [-0.15, -0.1) is 0 Å². The van der Waals surface area contributed by atoms with E-state index in [0.717, 1.165) is 34.9 Å². The van der Waals surface area contributed by atoms with Crippen LogP contribution in [0, 0.1) is 20.8 Å². The summed E-state index contributed by atoms with van der Waals surface area (Å²) in [5.41, 5.74) is 14.1. The molecule has 50 heavy (non-hydrogen) atoms. The number of benzene rings is 5. The first-order valence-corrected chi connectivity index (χ1v) is 17.2. The van der Waals surface area contributed by atoms with Crippen LogP contribution in [0.25, 0.3) is 16.7 Å². The van der Waals surface area contributed by atoms with Crippen LogP contribution in [0.1, 0.15) is 42.5 Å². The van der Waals surface area contributed by atoms with Gasteiger partial charge in [0, 0.05) is 28.4 Å². The minimum absolute atomic E-state index is 0.904. The highest BCUT2D eigenvalue weighted by Crippen LogP contribution is 2.34. The molecule has 0 fully saturated rings. The molecule has 5 aromatic rings. The SMILES string of the molecule is C=CC=CC/C=C(\C)c1ccc(N(C(=C)/C=C\C=C/C)c2ccc(C)cc2C)cc1.Cc1ccccc1Nc1ccc(-c2ccccc2)cc1. The van der Waals surface area contributed by atoms with Crippen LogP contribution < -0.4 is 10.2 Å². The van der Waals surface area contributed by atoms with E-state index in [1.165, 1.54) is 39.0 Å². The summed E-state index contributed by atoms with van der Waals surface area (Å²) in [5.74, 6) is 0. The maximum atomic E-state index is 4.34. The van der Waals surface area contributed by atoms with Crippen LogP contribution in [0.2, 0.25) is 0 Å². The van der Waals surface area contributed by atoms with Gasteiger partial charge in [0.1, 0.15) is 0 Å². The zero-order valence-corrected chi connectivity index (χ0v) is 30.2. The van der Waals surface area contributed by atoms with Crippen molar-refractivity contribution in [3.63, 3.8) is 0 Å². The minimum atomic E-state index is 0.904. The van der Waals surface area contributed by atoms with Crippen LogP contribution in [0.4, 0.5) is 22.7 Å². The number of hydrogen-bond acceptors (Lipinski definition) is 2. The molecule has 0 saturated heterocycles. The Hall–Kier alpha value is -5.86. The highest BCUT2D eigenvalue weighted by Gasteiger charge is 2.14. The van der Waals surface area contributed by atoms with E-state index in [1.54, 1.807) is 6.08 Å². The predicted octanol–water partition coefficient (Wildman–Crippen LogP) is 14.0. The van der Waals surface area contributed by atoms with Crippen molar-refractivity contribution in [3.05, 3.63) is 211 Å². The van der Waals surface area contributed by atoms with Gasteiger partial charge in [-0.2, -0.15) is 0 Å². The van der Waals surface area contributed by atoms with E-state index in [2.05, 4.69) is 172 Å². The number of nitrogens with zero attached hydrogens (tertiary/aromatic N) is 1. The minimum Gasteiger partial charge on any atom is -0.355 e. The summed E-state index contributed by atoms with van der Waals surface area (Å²) in [4.78, 5) is 2.21. The van der Waals surface area contributed by atoms with E-state index in [4.69, 9.17) is 0 Å². The lowest BCUT2D eigenvalue weighted by Crippen LogP contribution is -2.15. The van der Waals surface area contributed by atoms with Crippen LogP contribution in [-0.4, -0.2) is 0 Å². The first-order valence-electron chi connectivity index (χ1n) is 17.2. The molecule has 0 spiro atoms. The van der Waals surface area contributed by atoms with E-state index in [-0.39, 0.29) is 0 Å². The molecule has 0 saturated carbocycles. The molecule has 0 bridgehead atoms. The van der Waals surface area contributed by atoms with Crippen molar-refractivity contribution in [2.75, 3.05) is 10.2 Å². The Labute approximate surface area is 300 Å². The zero-order chi connectivity index (χ0) is 35.7. The molecule has 0 atom stereocenters. The number of rotatable bonds is 12. The maximum Gasteiger partial charge on any atom is 0.0490 e. The van der Waals surface area contributed by atoms with Crippen molar-refractivity contribution in [1.82, 2.24) is 0 Å². The fourth-order valence-electron chi connectivity index (χ4n) is 5.52. The molecule has 0 radical (unpaired) electrons. The second kappa shape index (κ2) is 19.2. The molecule has 2 nitrogen and oxygen atoms in total. The number of nitrogens with one attached hydrogen (secondary N) is 1. The van der Waals surface area contributed by atoms with Gasteiger partial charge in [-0.05, 0) is 117 Å². The zero-order valence-electron chi connectivity index (χ0n) is 30.2. The van der Waals surface area contributed by atoms with Gasteiger partial charge in [0.25, 0.3) is 0 Å². The van der Waals surface area contributed by atoms with Crippen molar-refractivity contribution < 1.29 is 0 Å². The third kappa shape index (κ3) is 10.8. The summed E-state index contributed by atoms with van der Waals surface area (Å²) in [6.07, 6.45) is 17.1. The molecule has 0 aliphatic rings. The Balaban J connectivity index is 0.000000242. The molecule has 0 aromatic heterocycles. The number of hydrogen-bond donors (Lipinski definition) is 1. The van der Waals surface area contributed by atoms with Gasteiger partial charge in [-0.3, -0.25) is 0 Å². The fourth-order valence-corrected chi connectivity index (χ4v) is 5.52. The van der Waals surface area contributed by atoms with E-state index in [1.807, 2.05) is 49.4 Å². The van der Waals surface area contributed by atoms with Gasteiger partial charge in [-0.1, -0.05) is 146 Å². The highest BCUT2D eigenvalue weighted by atomic mass is 15.1. The van der Waals surface area contributed by atoms with Crippen LogP contribution in [0.15, 0.2) is 189 Å². The smallest absolute Gasteiger partial charge is 0.0490 e. The Morgan fingerprint density at radius 3 is 2.06 bits per heavy atom. The Morgan fingerprint density at radius 2 is 1.40 bits per heavy atom. The van der Waals surface area contributed by atoms with E-state index in [9.17, 15) is 0 Å².